The van der Waals surface area contributed by atoms with Gasteiger partial charge in [-0.25, -0.2) is 4.79 Å². The molecule has 6 heteroatoms. The number of nitrogens with two attached hydrogens (primary N) is 1. The molecule has 2 amide bonds. The van der Waals surface area contributed by atoms with Gasteiger partial charge in [0.05, 0.1) is 13.2 Å². The summed E-state index contributed by atoms with van der Waals surface area (Å²) in [5.74, 6) is 0. The van der Waals surface area contributed by atoms with Gasteiger partial charge in [-0.2, -0.15) is 0 Å². The van der Waals surface area contributed by atoms with Crippen molar-refractivity contribution in [3.8, 4) is 0 Å². The van der Waals surface area contributed by atoms with Crippen LogP contribution in [0.4, 0.5) is 4.79 Å². The minimum atomic E-state index is -0.541. The molecule has 0 radical (unpaired) electrons. The number of primary amides is 1. The van der Waals surface area contributed by atoms with Crippen LogP contribution in [0.15, 0.2) is 0 Å². The van der Waals surface area contributed by atoms with Crippen LogP contribution in [0.2, 0.25) is 0 Å². The third-order valence-electron chi connectivity index (χ3n) is 1.57. The van der Waals surface area contributed by atoms with E-state index in [1.165, 1.54) is 0 Å². The Hall–Kier alpha value is -0.850. The molecule has 0 bridgehead atoms. The number of urea groups is 1. The van der Waals surface area contributed by atoms with Gasteiger partial charge in [0.15, 0.2) is 6.29 Å². The summed E-state index contributed by atoms with van der Waals surface area (Å²) >= 11 is 0. The van der Waals surface area contributed by atoms with Gasteiger partial charge in [-0.15, -0.1) is 0 Å². The molecule has 6 nitrogen and oxygen atoms in total. The van der Waals surface area contributed by atoms with Crippen LogP contribution in [0, 0.1) is 0 Å². The molecule has 0 aromatic heterocycles. The Labute approximate surface area is 83.7 Å². The highest BCUT2D eigenvalue weighted by Gasteiger charge is 2.03. The summed E-state index contributed by atoms with van der Waals surface area (Å²) in [6.07, 6.45) is 0.419. The molecule has 0 aromatic carbocycles. The highest BCUT2D eigenvalue weighted by molar-refractivity contribution is 5.71. The van der Waals surface area contributed by atoms with Crippen molar-refractivity contribution in [2.45, 2.75) is 12.7 Å². The zero-order chi connectivity index (χ0) is 10.8. The molecule has 3 N–H and O–H groups in total. The van der Waals surface area contributed by atoms with E-state index in [4.69, 9.17) is 19.9 Å². The first-order valence-corrected chi connectivity index (χ1v) is 4.37. The summed E-state index contributed by atoms with van der Waals surface area (Å²) in [6, 6.07) is -0.541. The molecular weight excluding hydrogens is 188 g/mol. The topological polar surface area (TPSA) is 82.8 Å². The fourth-order valence-corrected chi connectivity index (χ4v) is 0.860. The van der Waals surface area contributed by atoms with Crippen LogP contribution in [0.5, 0.6) is 0 Å². The number of amides is 2. The molecule has 0 saturated heterocycles. The van der Waals surface area contributed by atoms with E-state index in [2.05, 4.69) is 5.32 Å². The number of carbonyl (C=O) groups is 1. The van der Waals surface area contributed by atoms with E-state index >= 15 is 0 Å². The lowest BCUT2D eigenvalue weighted by Gasteiger charge is -2.12. The summed E-state index contributed by atoms with van der Waals surface area (Å²) in [6.45, 7) is 1.37. The Morgan fingerprint density at radius 1 is 1.36 bits per heavy atom. The molecule has 0 aliphatic carbocycles. The van der Waals surface area contributed by atoms with E-state index in [9.17, 15) is 4.79 Å². The van der Waals surface area contributed by atoms with Gasteiger partial charge >= 0.3 is 6.03 Å². The van der Waals surface area contributed by atoms with Gasteiger partial charge in [0.1, 0.15) is 0 Å². The largest absolute Gasteiger partial charge is 0.379 e. The number of hydrogen-bond acceptors (Lipinski definition) is 4. The molecule has 0 aliphatic heterocycles. The van der Waals surface area contributed by atoms with Gasteiger partial charge in [0, 0.05) is 27.2 Å². The van der Waals surface area contributed by atoms with Crippen molar-refractivity contribution >= 4 is 6.03 Å². The monoisotopic (exact) mass is 206 g/mol. The van der Waals surface area contributed by atoms with Crippen molar-refractivity contribution in [3.05, 3.63) is 0 Å². The number of rotatable bonds is 8. The van der Waals surface area contributed by atoms with E-state index < -0.39 is 6.03 Å². The second-order valence-electron chi connectivity index (χ2n) is 2.59. The van der Waals surface area contributed by atoms with Crippen LogP contribution >= 0.6 is 0 Å². The van der Waals surface area contributed by atoms with Crippen LogP contribution in [0.1, 0.15) is 6.42 Å². The molecule has 0 aromatic rings. The lowest BCUT2D eigenvalue weighted by Crippen LogP contribution is -2.32. The maximum atomic E-state index is 10.2. The van der Waals surface area contributed by atoms with Gasteiger partial charge in [0.25, 0.3) is 0 Å². The average molecular weight is 206 g/mol. The predicted molar refractivity (Wildman–Crippen MR) is 50.8 cm³/mol. The molecule has 0 fully saturated rings. The highest BCUT2D eigenvalue weighted by Crippen LogP contribution is 1.97. The summed E-state index contributed by atoms with van der Waals surface area (Å²) in [4.78, 5) is 10.2. The molecule has 14 heavy (non-hydrogen) atoms. The van der Waals surface area contributed by atoms with Crippen LogP contribution in [-0.4, -0.2) is 46.3 Å². The van der Waals surface area contributed by atoms with Crippen molar-refractivity contribution in [2.24, 2.45) is 5.73 Å². The van der Waals surface area contributed by atoms with Gasteiger partial charge < -0.3 is 25.3 Å². The van der Waals surface area contributed by atoms with Crippen molar-refractivity contribution in [2.75, 3.05) is 34.0 Å². The summed E-state index contributed by atoms with van der Waals surface area (Å²) in [5, 5.41) is 2.41. The van der Waals surface area contributed by atoms with E-state index in [1.54, 1.807) is 14.2 Å². The molecule has 0 unspecified atom stereocenters. The average Bonchev–Trinajstić information content (AvgIpc) is 2.16. The normalized spacial score (nSPS) is 10.5. The van der Waals surface area contributed by atoms with E-state index in [0.717, 1.165) is 0 Å². The molecule has 0 aliphatic rings. The van der Waals surface area contributed by atoms with E-state index in [1.807, 2.05) is 0 Å². The Bertz CT molecular complexity index is 150. The molecular formula is C8H18N2O4. The highest BCUT2D eigenvalue weighted by atomic mass is 16.7. The predicted octanol–water partition coefficient (Wildman–Crippen LogP) is -0.320. The number of hydrogen-bond donors (Lipinski definition) is 2. The third-order valence-corrected chi connectivity index (χ3v) is 1.57. The smallest absolute Gasteiger partial charge is 0.312 e. The lowest BCUT2D eigenvalue weighted by molar-refractivity contribution is -0.115. The van der Waals surface area contributed by atoms with Crippen LogP contribution in [0.25, 0.3) is 0 Å². The van der Waals surface area contributed by atoms with Crippen LogP contribution in [0.3, 0.4) is 0 Å². The second-order valence-corrected chi connectivity index (χ2v) is 2.59. The van der Waals surface area contributed by atoms with Crippen LogP contribution < -0.4 is 11.1 Å². The number of methoxy groups -OCH3 is 2. The van der Waals surface area contributed by atoms with E-state index in [-0.39, 0.29) is 6.29 Å². The van der Waals surface area contributed by atoms with Crippen molar-refractivity contribution in [1.29, 1.82) is 0 Å². The summed E-state index contributed by atoms with van der Waals surface area (Å²) in [7, 11) is 3.14. The fraction of sp³-hybridized carbons (Fsp3) is 0.875. The minimum absolute atomic E-state index is 0.237. The van der Waals surface area contributed by atoms with Gasteiger partial charge in [-0.05, 0) is 0 Å². The number of ether oxygens (including phenoxy) is 3. The third kappa shape index (κ3) is 7.78. The van der Waals surface area contributed by atoms with Gasteiger partial charge in [0.2, 0.25) is 0 Å². The lowest BCUT2D eigenvalue weighted by atomic mass is 10.4. The van der Waals surface area contributed by atoms with Crippen molar-refractivity contribution < 1.29 is 19.0 Å². The van der Waals surface area contributed by atoms with E-state index in [0.29, 0.717) is 26.2 Å². The molecule has 0 spiro atoms. The number of nitrogens with one attached hydrogen (secondary N) is 1. The minimum Gasteiger partial charge on any atom is -0.379 e. The fourth-order valence-electron chi connectivity index (χ4n) is 0.860. The SMILES string of the molecule is COC(CCOCCNC(N)=O)OC. The van der Waals surface area contributed by atoms with Crippen molar-refractivity contribution in [3.63, 3.8) is 0 Å². The quantitative estimate of drug-likeness (QED) is 0.421. The molecule has 0 saturated carbocycles. The Morgan fingerprint density at radius 3 is 2.50 bits per heavy atom. The Kier molecular flexibility index (Phi) is 8.20. The molecule has 0 rings (SSSR count). The van der Waals surface area contributed by atoms with Crippen molar-refractivity contribution in [1.82, 2.24) is 5.32 Å². The van der Waals surface area contributed by atoms with Crippen LogP contribution in [-0.2, 0) is 14.2 Å². The first-order valence-electron chi connectivity index (χ1n) is 4.37. The maximum Gasteiger partial charge on any atom is 0.312 e. The first-order chi connectivity index (χ1) is 6.70. The standard InChI is InChI=1S/C8H18N2O4/c1-12-7(13-2)3-5-14-6-4-10-8(9)11/h7H,3-6H2,1-2H3,(H3,9,10,11). The number of carbonyl (C=O) groups excluding carboxylic acids is 1. The Balaban J connectivity index is 3.16. The maximum absolute atomic E-state index is 10.2. The summed E-state index contributed by atoms with van der Waals surface area (Å²) < 4.78 is 15.1. The zero-order valence-electron chi connectivity index (χ0n) is 8.62. The van der Waals surface area contributed by atoms with Gasteiger partial charge in [-0.1, -0.05) is 0 Å². The molecule has 0 atom stereocenters. The molecule has 0 heterocycles. The zero-order valence-corrected chi connectivity index (χ0v) is 8.62. The Morgan fingerprint density at radius 2 is 2.00 bits per heavy atom. The second kappa shape index (κ2) is 8.74. The summed E-state index contributed by atoms with van der Waals surface area (Å²) in [5.41, 5.74) is 4.85. The van der Waals surface area contributed by atoms with Gasteiger partial charge in [-0.3, -0.25) is 0 Å². The molecule has 84 valence electrons. The first kappa shape index (κ1) is 13.2.